The lowest BCUT2D eigenvalue weighted by molar-refractivity contribution is 0.0792. The van der Waals surface area contributed by atoms with Crippen LogP contribution in [0.4, 0.5) is 5.69 Å². The lowest BCUT2D eigenvalue weighted by atomic mass is 10.0. The summed E-state index contributed by atoms with van der Waals surface area (Å²) in [5.74, 6) is 0.757. The van der Waals surface area contributed by atoms with Gasteiger partial charge >= 0.3 is 0 Å². The van der Waals surface area contributed by atoms with Gasteiger partial charge in [-0.3, -0.25) is 4.79 Å². The van der Waals surface area contributed by atoms with Gasteiger partial charge in [0.15, 0.2) is 0 Å². The molecule has 0 saturated carbocycles. The molecule has 2 N–H and O–H groups in total. The zero-order valence-corrected chi connectivity index (χ0v) is 14.5. The van der Waals surface area contributed by atoms with Crippen molar-refractivity contribution in [1.29, 1.82) is 0 Å². The van der Waals surface area contributed by atoms with Crippen LogP contribution in [0.15, 0.2) is 22.7 Å². The quantitative estimate of drug-likeness (QED) is 0.868. The molecule has 3 nitrogen and oxygen atoms in total. The Bertz CT molecular complexity index is 682. The second-order valence-electron chi connectivity index (χ2n) is 5.68. The largest absolute Gasteiger partial charge is 0.397 e. The number of carbonyl (C=O) groups excluding carboxylic acids is 1. The van der Waals surface area contributed by atoms with Crippen LogP contribution < -0.4 is 5.73 Å². The smallest absolute Gasteiger partial charge is 0.266 e. The monoisotopic (exact) mass is 366 g/mol. The summed E-state index contributed by atoms with van der Waals surface area (Å²) in [4.78, 5) is 15.4. The molecule has 1 aliphatic rings. The average molecular weight is 367 g/mol. The number of fused-ring (bicyclic) bond motifs is 1. The minimum Gasteiger partial charge on any atom is -0.397 e. The SMILES string of the molecule is CCCC1CCN(C(=O)c2sc3cc(Br)ccc3c2N)C1. The van der Waals surface area contributed by atoms with E-state index in [2.05, 4.69) is 22.9 Å². The number of rotatable bonds is 3. The van der Waals surface area contributed by atoms with Gasteiger partial charge < -0.3 is 10.6 Å². The first-order valence-electron chi connectivity index (χ1n) is 7.37. The summed E-state index contributed by atoms with van der Waals surface area (Å²) in [6, 6.07) is 5.97. The van der Waals surface area contributed by atoms with Crippen molar-refractivity contribution in [2.45, 2.75) is 26.2 Å². The Morgan fingerprint density at radius 3 is 3.10 bits per heavy atom. The molecule has 0 aliphatic carbocycles. The Kier molecular flexibility index (Phi) is 4.22. The summed E-state index contributed by atoms with van der Waals surface area (Å²) in [7, 11) is 0. The molecule has 21 heavy (non-hydrogen) atoms. The molecule has 0 radical (unpaired) electrons. The third-order valence-corrected chi connectivity index (χ3v) is 5.80. The van der Waals surface area contributed by atoms with Gasteiger partial charge in [0.1, 0.15) is 4.88 Å². The van der Waals surface area contributed by atoms with Crippen molar-refractivity contribution < 1.29 is 4.79 Å². The predicted molar refractivity (Wildman–Crippen MR) is 92.9 cm³/mol. The average Bonchev–Trinajstić information content (AvgIpc) is 3.04. The van der Waals surface area contributed by atoms with Crippen LogP contribution in [0, 0.1) is 5.92 Å². The highest BCUT2D eigenvalue weighted by Gasteiger charge is 2.28. The molecule has 1 aromatic heterocycles. The summed E-state index contributed by atoms with van der Waals surface area (Å²) in [5, 5.41) is 0.982. The van der Waals surface area contributed by atoms with Crippen molar-refractivity contribution >= 4 is 48.9 Å². The normalized spacial score (nSPS) is 18.6. The third-order valence-electron chi connectivity index (χ3n) is 4.15. The predicted octanol–water partition coefficient (Wildman–Crippen LogP) is 4.51. The fraction of sp³-hybridized carbons (Fsp3) is 0.438. The molecule has 1 unspecified atom stereocenters. The molecule has 5 heteroatoms. The van der Waals surface area contributed by atoms with E-state index in [0.29, 0.717) is 16.5 Å². The number of thiophene rings is 1. The van der Waals surface area contributed by atoms with E-state index in [9.17, 15) is 4.79 Å². The second kappa shape index (κ2) is 5.97. The molecule has 1 saturated heterocycles. The van der Waals surface area contributed by atoms with Crippen LogP contribution in [0.1, 0.15) is 35.9 Å². The summed E-state index contributed by atoms with van der Waals surface area (Å²) in [6.45, 7) is 3.94. The van der Waals surface area contributed by atoms with Crippen molar-refractivity contribution in [1.82, 2.24) is 4.90 Å². The number of nitrogen functional groups attached to an aromatic ring is 1. The maximum atomic E-state index is 12.7. The number of hydrogen-bond donors (Lipinski definition) is 1. The number of anilines is 1. The number of nitrogens with two attached hydrogens (primary N) is 1. The number of amides is 1. The molecular weight excluding hydrogens is 348 g/mol. The number of halogens is 1. The Labute approximate surface area is 137 Å². The first-order chi connectivity index (χ1) is 10.1. The van der Waals surface area contributed by atoms with Gasteiger partial charge in [0.2, 0.25) is 0 Å². The lowest BCUT2D eigenvalue weighted by Gasteiger charge is -2.15. The van der Waals surface area contributed by atoms with E-state index in [0.717, 1.165) is 34.1 Å². The van der Waals surface area contributed by atoms with Gasteiger partial charge in [-0.15, -0.1) is 11.3 Å². The molecular formula is C16H19BrN2OS. The fourth-order valence-electron chi connectivity index (χ4n) is 3.05. The van der Waals surface area contributed by atoms with E-state index >= 15 is 0 Å². The fourth-order valence-corrected chi connectivity index (χ4v) is 4.70. The van der Waals surface area contributed by atoms with Gasteiger partial charge in [0, 0.05) is 27.6 Å². The molecule has 2 aromatic rings. The topological polar surface area (TPSA) is 46.3 Å². The molecule has 2 heterocycles. The number of benzene rings is 1. The van der Waals surface area contributed by atoms with Crippen molar-refractivity contribution in [2.75, 3.05) is 18.8 Å². The van der Waals surface area contributed by atoms with E-state index < -0.39 is 0 Å². The molecule has 112 valence electrons. The van der Waals surface area contributed by atoms with Crippen LogP contribution >= 0.6 is 27.3 Å². The van der Waals surface area contributed by atoms with Gasteiger partial charge in [-0.05, 0) is 30.9 Å². The molecule has 1 fully saturated rings. The van der Waals surface area contributed by atoms with Crippen LogP contribution in [-0.2, 0) is 0 Å². The first-order valence-corrected chi connectivity index (χ1v) is 8.98. The highest BCUT2D eigenvalue weighted by Crippen LogP contribution is 2.36. The van der Waals surface area contributed by atoms with Gasteiger partial charge in [-0.1, -0.05) is 35.3 Å². The van der Waals surface area contributed by atoms with E-state index in [1.165, 1.54) is 24.2 Å². The number of likely N-dealkylation sites (tertiary alicyclic amines) is 1. The maximum Gasteiger partial charge on any atom is 0.266 e. The van der Waals surface area contributed by atoms with E-state index in [1.54, 1.807) is 0 Å². The van der Waals surface area contributed by atoms with Crippen molar-refractivity contribution in [3.8, 4) is 0 Å². The zero-order valence-electron chi connectivity index (χ0n) is 12.1. The molecule has 3 rings (SSSR count). The first kappa shape index (κ1) is 14.9. The van der Waals surface area contributed by atoms with Crippen molar-refractivity contribution in [3.05, 3.63) is 27.5 Å². The number of hydrogen-bond acceptors (Lipinski definition) is 3. The summed E-state index contributed by atoms with van der Waals surface area (Å²) in [6.07, 6.45) is 3.51. The molecule has 1 amide bonds. The molecule has 1 aliphatic heterocycles. The second-order valence-corrected chi connectivity index (χ2v) is 7.65. The minimum absolute atomic E-state index is 0.100. The Hall–Kier alpha value is -1.07. The highest BCUT2D eigenvalue weighted by molar-refractivity contribution is 9.10. The Balaban J connectivity index is 1.87. The van der Waals surface area contributed by atoms with Crippen molar-refractivity contribution in [2.24, 2.45) is 5.92 Å². The Morgan fingerprint density at radius 2 is 2.33 bits per heavy atom. The summed E-state index contributed by atoms with van der Waals surface area (Å²) >= 11 is 4.97. The van der Waals surface area contributed by atoms with Gasteiger partial charge in [0.25, 0.3) is 5.91 Å². The van der Waals surface area contributed by atoms with Gasteiger partial charge in [0.05, 0.1) is 5.69 Å². The zero-order chi connectivity index (χ0) is 15.0. The number of carbonyl (C=O) groups is 1. The summed E-state index contributed by atoms with van der Waals surface area (Å²) < 4.78 is 2.08. The minimum atomic E-state index is 0.100. The van der Waals surface area contributed by atoms with Gasteiger partial charge in [-0.2, -0.15) is 0 Å². The molecule has 0 bridgehead atoms. The van der Waals surface area contributed by atoms with E-state index in [1.807, 2.05) is 23.1 Å². The van der Waals surface area contributed by atoms with Crippen LogP contribution in [0.2, 0.25) is 0 Å². The van der Waals surface area contributed by atoms with Crippen LogP contribution in [0.5, 0.6) is 0 Å². The standard InChI is InChI=1S/C16H19BrN2OS/c1-2-3-10-6-7-19(9-10)16(20)15-14(18)12-5-4-11(17)8-13(12)21-15/h4-5,8,10H,2-3,6-7,9,18H2,1H3. The van der Waals surface area contributed by atoms with E-state index in [4.69, 9.17) is 5.73 Å². The lowest BCUT2D eigenvalue weighted by Crippen LogP contribution is -2.28. The van der Waals surface area contributed by atoms with Crippen molar-refractivity contribution in [3.63, 3.8) is 0 Å². The van der Waals surface area contributed by atoms with Crippen LogP contribution in [0.3, 0.4) is 0 Å². The Morgan fingerprint density at radius 1 is 1.52 bits per heavy atom. The molecule has 1 atom stereocenters. The summed E-state index contributed by atoms with van der Waals surface area (Å²) in [5.41, 5.74) is 6.83. The maximum absolute atomic E-state index is 12.7. The highest BCUT2D eigenvalue weighted by atomic mass is 79.9. The van der Waals surface area contributed by atoms with E-state index in [-0.39, 0.29) is 5.91 Å². The van der Waals surface area contributed by atoms with Crippen LogP contribution in [0.25, 0.3) is 10.1 Å². The third kappa shape index (κ3) is 2.81. The molecule has 0 spiro atoms. The number of nitrogens with zero attached hydrogens (tertiary/aromatic N) is 1. The molecule has 1 aromatic carbocycles. The van der Waals surface area contributed by atoms with Crippen LogP contribution in [-0.4, -0.2) is 23.9 Å². The van der Waals surface area contributed by atoms with Gasteiger partial charge in [-0.25, -0.2) is 0 Å².